The number of rotatable bonds is 5. The van der Waals surface area contributed by atoms with Crippen LogP contribution in [0.25, 0.3) is 0 Å². The first-order chi connectivity index (χ1) is 16.1. The predicted molar refractivity (Wildman–Crippen MR) is 130 cm³/mol. The lowest BCUT2D eigenvalue weighted by Crippen LogP contribution is -2.37. The van der Waals surface area contributed by atoms with Crippen LogP contribution in [0, 0.1) is 22.7 Å². The summed E-state index contributed by atoms with van der Waals surface area (Å²) in [4.78, 5) is 38.7. The fourth-order valence-electron chi connectivity index (χ4n) is 6.55. The second-order valence-electron chi connectivity index (χ2n) is 11.0. The van der Waals surface area contributed by atoms with Gasteiger partial charge < -0.3 is 9.47 Å². The van der Waals surface area contributed by atoms with E-state index in [2.05, 4.69) is 27.7 Å². The summed E-state index contributed by atoms with van der Waals surface area (Å²) >= 11 is 0. The van der Waals surface area contributed by atoms with Gasteiger partial charge in [0.2, 0.25) is 0 Å². The molecule has 1 aromatic rings. The molecular weight excluding hydrogens is 428 g/mol. The standard InChI is InChI=1S/C29H36O5/c1-18(2)24-26(34-19(3)30)25(31)23-16-22-21(27(32)33-17-20-10-7-6-8-11-20)12-9-13-28(22,4)14-15-29(23,24)5/h6-8,10-11,16,18,24,26H,9,12-15,17H2,1-5H3/t24-,26+,28-,29-/m0/s1. The number of hydrogen-bond acceptors (Lipinski definition) is 5. The van der Waals surface area contributed by atoms with Crippen molar-refractivity contribution in [2.45, 2.75) is 79.4 Å². The van der Waals surface area contributed by atoms with Crippen molar-refractivity contribution < 1.29 is 23.9 Å². The molecule has 1 saturated carbocycles. The van der Waals surface area contributed by atoms with Crippen LogP contribution in [0.15, 0.2) is 53.1 Å². The lowest BCUT2D eigenvalue weighted by molar-refractivity contribution is -0.155. The van der Waals surface area contributed by atoms with Crippen molar-refractivity contribution in [3.05, 3.63) is 58.7 Å². The van der Waals surface area contributed by atoms with E-state index >= 15 is 0 Å². The Balaban J connectivity index is 1.75. The monoisotopic (exact) mass is 464 g/mol. The van der Waals surface area contributed by atoms with Crippen LogP contribution < -0.4 is 0 Å². The SMILES string of the molecule is CC(=O)O[C@H]1C(=O)C2=CC3=C(C(=O)OCc4ccccc4)CCC[C@@]3(C)CC[C@]2(C)[C@H]1C(C)C. The maximum Gasteiger partial charge on any atom is 0.334 e. The van der Waals surface area contributed by atoms with E-state index in [0.29, 0.717) is 17.6 Å². The van der Waals surface area contributed by atoms with Gasteiger partial charge in [0.1, 0.15) is 6.61 Å². The molecule has 0 heterocycles. The molecule has 3 aliphatic carbocycles. The molecule has 0 N–H and O–H groups in total. The Morgan fingerprint density at radius 2 is 1.79 bits per heavy atom. The van der Waals surface area contributed by atoms with Crippen LogP contribution in [-0.4, -0.2) is 23.8 Å². The lowest BCUT2D eigenvalue weighted by Gasteiger charge is -2.39. The molecule has 34 heavy (non-hydrogen) atoms. The smallest absolute Gasteiger partial charge is 0.334 e. The molecule has 0 saturated heterocycles. The minimum absolute atomic E-state index is 0.0898. The van der Waals surface area contributed by atoms with Crippen molar-refractivity contribution in [2.75, 3.05) is 0 Å². The van der Waals surface area contributed by atoms with E-state index in [0.717, 1.165) is 36.8 Å². The second kappa shape index (κ2) is 9.16. The third-order valence-corrected chi connectivity index (χ3v) is 8.29. The Bertz CT molecular complexity index is 1050. The molecule has 1 fully saturated rings. The fraction of sp³-hybridized carbons (Fsp3) is 0.552. The highest BCUT2D eigenvalue weighted by Gasteiger charge is 2.58. The lowest BCUT2D eigenvalue weighted by atomic mass is 9.66. The van der Waals surface area contributed by atoms with Crippen molar-refractivity contribution in [3.63, 3.8) is 0 Å². The summed E-state index contributed by atoms with van der Waals surface area (Å²) in [6.07, 6.45) is 5.45. The number of Topliss-reactive ketones (excluding diaryl/α,β-unsaturated/α-hetero) is 1. The van der Waals surface area contributed by atoms with Crippen molar-refractivity contribution in [3.8, 4) is 0 Å². The van der Waals surface area contributed by atoms with Gasteiger partial charge in [0.15, 0.2) is 11.9 Å². The molecular formula is C29H36O5. The predicted octanol–water partition coefficient (Wildman–Crippen LogP) is 5.73. The summed E-state index contributed by atoms with van der Waals surface area (Å²) in [5.74, 6) is -0.769. The fourth-order valence-corrected chi connectivity index (χ4v) is 6.55. The number of carbonyl (C=O) groups excluding carboxylic acids is 3. The molecule has 0 radical (unpaired) electrons. The molecule has 1 aromatic carbocycles. The summed E-state index contributed by atoms with van der Waals surface area (Å²) in [7, 11) is 0. The minimum Gasteiger partial charge on any atom is -0.457 e. The number of ether oxygens (including phenoxy) is 2. The summed E-state index contributed by atoms with van der Waals surface area (Å²) < 4.78 is 11.3. The Hall–Kier alpha value is -2.69. The van der Waals surface area contributed by atoms with E-state index in [9.17, 15) is 14.4 Å². The molecule has 4 rings (SSSR count). The van der Waals surface area contributed by atoms with E-state index in [4.69, 9.17) is 9.47 Å². The molecule has 0 amide bonds. The average Bonchev–Trinajstić information content (AvgIpc) is 2.90. The first kappa shape index (κ1) is 24.4. The highest BCUT2D eigenvalue weighted by Crippen LogP contribution is 2.59. The molecule has 0 aliphatic heterocycles. The van der Waals surface area contributed by atoms with Gasteiger partial charge in [0, 0.05) is 29.4 Å². The molecule has 3 aliphatic rings. The van der Waals surface area contributed by atoms with Gasteiger partial charge in [-0.25, -0.2) is 4.79 Å². The molecule has 0 bridgehead atoms. The van der Waals surface area contributed by atoms with E-state index in [1.165, 1.54) is 6.92 Å². The number of ketones is 1. The number of hydrogen-bond donors (Lipinski definition) is 0. The first-order valence-corrected chi connectivity index (χ1v) is 12.4. The van der Waals surface area contributed by atoms with Gasteiger partial charge in [-0.2, -0.15) is 0 Å². The molecule has 5 heteroatoms. The van der Waals surface area contributed by atoms with Gasteiger partial charge in [0.25, 0.3) is 0 Å². The average molecular weight is 465 g/mol. The van der Waals surface area contributed by atoms with Gasteiger partial charge in [-0.15, -0.1) is 0 Å². The molecule has 0 spiro atoms. The number of carbonyl (C=O) groups is 3. The highest BCUT2D eigenvalue weighted by atomic mass is 16.5. The van der Waals surface area contributed by atoms with Crippen LogP contribution in [0.1, 0.15) is 72.3 Å². The van der Waals surface area contributed by atoms with Crippen molar-refractivity contribution in [2.24, 2.45) is 22.7 Å². The topological polar surface area (TPSA) is 69.7 Å². The summed E-state index contributed by atoms with van der Waals surface area (Å²) in [5, 5.41) is 0. The zero-order valence-corrected chi connectivity index (χ0v) is 21.0. The molecule has 0 unspecified atom stereocenters. The zero-order chi connectivity index (χ0) is 24.7. The Labute approximate surface area is 202 Å². The van der Waals surface area contributed by atoms with Gasteiger partial charge in [0.05, 0.1) is 0 Å². The molecule has 182 valence electrons. The van der Waals surface area contributed by atoms with Crippen molar-refractivity contribution in [1.29, 1.82) is 0 Å². The van der Waals surface area contributed by atoms with E-state index in [-0.39, 0.29) is 35.6 Å². The summed E-state index contributed by atoms with van der Waals surface area (Å²) in [6.45, 7) is 10.1. The van der Waals surface area contributed by atoms with Crippen LogP contribution >= 0.6 is 0 Å². The number of fused-ring (bicyclic) bond motifs is 2. The number of esters is 2. The minimum atomic E-state index is -0.768. The Morgan fingerprint density at radius 1 is 1.09 bits per heavy atom. The second-order valence-corrected chi connectivity index (χ2v) is 11.0. The van der Waals surface area contributed by atoms with Crippen LogP contribution in [0.3, 0.4) is 0 Å². The van der Waals surface area contributed by atoms with E-state index in [1.807, 2.05) is 36.4 Å². The van der Waals surface area contributed by atoms with Crippen molar-refractivity contribution >= 4 is 17.7 Å². The third-order valence-electron chi connectivity index (χ3n) is 8.29. The molecule has 4 atom stereocenters. The maximum absolute atomic E-state index is 13.6. The Kier molecular flexibility index (Phi) is 6.58. The van der Waals surface area contributed by atoms with Crippen LogP contribution in [0.2, 0.25) is 0 Å². The van der Waals surface area contributed by atoms with E-state index in [1.54, 1.807) is 0 Å². The number of benzene rings is 1. The zero-order valence-electron chi connectivity index (χ0n) is 21.0. The largest absolute Gasteiger partial charge is 0.457 e. The first-order valence-electron chi connectivity index (χ1n) is 12.4. The molecule has 0 aromatic heterocycles. The van der Waals surface area contributed by atoms with Gasteiger partial charge in [-0.3, -0.25) is 9.59 Å². The van der Waals surface area contributed by atoms with Crippen LogP contribution in [0.4, 0.5) is 0 Å². The third kappa shape index (κ3) is 4.25. The Morgan fingerprint density at radius 3 is 2.44 bits per heavy atom. The van der Waals surface area contributed by atoms with E-state index < -0.39 is 17.5 Å². The van der Waals surface area contributed by atoms with Gasteiger partial charge >= 0.3 is 11.9 Å². The van der Waals surface area contributed by atoms with Gasteiger partial charge in [-0.1, -0.05) is 64.1 Å². The summed E-state index contributed by atoms with van der Waals surface area (Å²) in [5.41, 5.74) is 2.69. The summed E-state index contributed by atoms with van der Waals surface area (Å²) in [6, 6.07) is 9.66. The highest BCUT2D eigenvalue weighted by molar-refractivity contribution is 6.05. The normalized spacial score (nSPS) is 30.9. The molecule has 5 nitrogen and oxygen atoms in total. The van der Waals surface area contributed by atoms with Crippen LogP contribution in [0.5, 0.6) is 0 Å². The van der Waals surface area contributed by atoms with Crippen molar-refractivity contribution in [1.82, 2.24) is 0 Å². The quantitative estimate of drug-likeness (QED) is 0.521. The maximum atomic E-state index is 13.6. The van der Waals surface area contributed by atoms with Crippen LogP contribution in [-0.2, 0) is 30.5 Å². The van der Waals surface area contributed by atoms with Gasteiger partial charge in [-0.05, 0) is 54.6 Å². The number of allylic oxidation sites excluding steroid dienone is 2.